The number of rotatable bonds is 5. The Morgan fingerprint density at radius 2 is 1.59 bits per heavy atom. The lowest BCUT2D eigenvalue weighted by Crippen LogP contribution is -2.66. The van der Waals surface area contributed by atoms with Crippen LogP contribution in [0.4, 0.5) is 0 Å². The van der Waals surface area contributed by atoms with Crippen LogP contribution < -0.4 is 10.6 Å². The second-order valence-corrected chi connectivity index (χ2v) is 9.81. The molecule has 0 radical (unpaired) electrons. The number of likely N-dealkylation sites (tertiary alicyclic amines) is 1. The maximum atomic E-state index is 13.7. The van der Waals surface area contributed by atoms with Crippen LogP contribution in [0.1, 0.15) is 37.8 Å². The Bertz CT molecular complexity index is 966. The first kappa shape index (κ1) is 23.0. The molecule has 0 spiro atoms. The van der Waals surface area contributed by atoms with Gasteiger partial charge in [0, 0.05) is 49.4 Å². The molecule has 0 aliphatic carbocycles. The second kappa shape index (κ2) is 9.49. The molecule has 7 nitrogen and oxygen atoms in total. The molecule has 1 amide bonds. The Morgan fingerprint density at radius 3 is 2.15 bits per heavy atom. The van der Waals surface area contributed by atoms with Crippen molar-refractivity contribution in [2.75, 3.05) is 26.2 Å². The van der Waals surface area contributed by atoms with E-state index in [2.05, 4.69) is 29.4 Å². The zero-order chi connectivity index (χ0) is 23.7. The maximum absolute atomic E-state index is 13.7. The summed E-state index contributed by atoms with van der Waals surface area (Å²) in [4.78, 5) is 31.4. The summed E-state index contributed by atoms with van der Waals surface area (Å²) in [6, 6.07) is 19.2. The van der Waals surface area contributed by atoms with E-state index in [1.54, 1.807) is 0 Å². The fourth-order valence-corrected chi connectivity index (χ4v) is 5.66. The van der Waals surface area contributed by atoms with Crippen molar-refractivity contribution < 1.29 is 14.3 Å². The number of esters is 1. The molecule has 3 saturated heterocycles. The van der Waals surface area contributed by atoms with Gasteiger partial charge in [-0.2, -0.15) is 0 Å². The van der Waals surface area contributed by atoms with Gasteiger partial charge in [0.25, 0.3) is 0 Å². The van der Waals surface area contributed by atoms with Gasteiger partial charge in [0.05, 0.1) is 0 Å². The molecular weight excluding hydrogens is 428 g/mol. The molecule has 3 aliphatic heterocycles. The zero-order valence-electron chi connectivity index (χ0n) is 19.9. The van der Waals surface area contributed by atoms with Gasteiger partial charge in [-0.15, -0.1) is 0 Å². The standard InChI is InChI=1S/C27H34N4O3/c1-19(2)30-15-13-22(14-16-30)29-25(32)23-17-28-18-24-26(33)34-27(31(23)24,20-9-5-3-6-10-20)21-11-7-4-8-12-21/h3-12,19,22-24,28H,13-18H2,1-2H3,(H,29,32). The van der Waals surface area contributed by atoms with E-state index in [1.165, 1.54) is 0 Å². The number of piperidine rings is 1. The van der Waals surface area contributed by atoms with Crippen LogP contribution in [0.2, 0.25) is 0 Å². The first-order valence-electron chi connectivity index (χ1n) is 12.4. The Morgan fingerprint density at radius 1 is 1.00 bits per heavy atom. The topological polar surface area (TPSA) is 73.9 Å². The fourth-order valence-electron chi connectivity index (χ4n) is 5.66. The van der Waals surface area contributed by atoms with Gasteiger partial charge < -0.3 is 20.3 Å². The summed E-state index contributed by atoms with van der Waals surface area (Å²) in [5.74, 6) is -0.349. The number of fused-ring (bicyclic) bond motifs is 1. The van der Waals surface area contributed by atoms with E-state index < -0.39 is 17.8 Å². The minimum atomic E-state index is -1.14. The highest BCUT2D eigenvalue weighted by Crippen LogP contribution is 2.45. The minimum Gasteiger partial charge on any atom is -0.434 e. The van der Waals surface area contributed by atoms with Gasteiger partial charge in [-0.05, 0) is 26.7 Å². The molecule has 3 aliphatic rings. The first-order valence-corrected chi connectivity index (χ1v) is 12.4. The van der Waals surface area contributed by atoms with Crippen LogP contribution in [0.5, 0.6) is 0 Å². The third-order valence-corrected chi connectivity index (χ3v) is 7.47. The molecule has 2 atom stereocenters. The molecule has 2 aromatic rings. The molecule has 5 rings (SSSR count). The molecule has 2 aromatic carbocycles. The highest BCUT2D eigenvalue weighted by molar-refractivity contribution is 5.87. The third-order valence-electron chi connectivity index (χ3n) is 7.47. The van der Waals surface area contributed by atoms with Crippen LogP contribution in [0, 0.1) is 0 Å². The lowest BCUT2D eigenvalue weighted by Gasteiger charge is -2.45. The Balaban J connectivity index is 1.47. The minimum absolute atomic E-state index is 0.0465. The van der Waals surface area contributed by atoms with Crippen molar-refractivity contribution >= 4 is 11.9 Å². The number of nitrogens with one attached hydrogen (secondary N) is 2. The van der Waals surface area contributed by atoms with Crippen molar-refractivity contribution in [1.29, 1.82) is 0 Å². The monoisotopic (exact) mass is 462 g/mol. The number of carbonyl (C=O) groups is 2. The fraction of sp³-hybridized carbons (Fsp3) is 0.481. The molecule has 3 fully saturated rings. The summed E-state index contributed by atoms with van der Waals surface area (Å²) in [5.41, 5.74) is 0.555. The van der Waals surface area contributed by atoms with Gasteiger partial charge in [0.2, 0.25) is 11.6 Å². The first-order chi connectivity index (χ1) is 16.5. The predicted octanol–water partition coefficient (Wildman–Crippen LogP) is 2.08. The summed E-state index contributed by atoms with van der Waals surface area (Å²) in [7, 11) is 0. The SMILES string of the molecule is CC(C)N1CCC(NC(=O)C2CNCC3C(=O)OC(c4ccccc4)(c4ccccc4)N23)CC1. The van der Waals surface area contributed by atoms with Gasteiger partial charge in [0.1, 0.15) is 12.1 Å². The van der Waals surface area contributed by atoms with Gasteiger partial charge in [-0.25, -0.2) is 4.90 Å². The Kier molecular flexibility index (Phi) is 6.42. The van der Waals surface area contributed by atoms with Crippen molar-refractivity contribution in [1.82, 2.24) is 20.4 Å². The number of carbonyl (C=O) groups excluding carboxylic acids is 2. The molecular formula is C27H34N4O3. The molecule has 0 bridgehead atoms. The van der Waals surface area contributed by atoms with Crippen molar-refractivity contribution in [3.05, 3.63) is 71.8 Å². The molecule has 0 aromatic heterocycles. The lowest BCUT2D eigenvalue weighted by molar-refractivity contribution is -0.153. The highest BCUT2D eigenvalue weighted by atomic mass is 16.6. The van der Waals surface area contributed by atoms with E-state index in [0.717, 1.165) is 37.1 Å². The average molecular weight is 463 g/mol. The molecule has 2 unspecified atom stereocenters. The predicted molar refractivity (Wildman–Crippen MR) is 130 cm³/mol. The van der Waals surface area contributed by atoms with Crippen LogP contribution in [0.15, 0.2) is 60.7 Å². The summed E-state index contributed by atoms with van der Waals surface area (Å²) < 4.78 is 6.24. The van der Waals surface area contributed by atoms with E-state index in [4.69, 9.17) is 4.74 Å². The number of piperazine rings is 1. The maximum Gasteiger partial charge on any atom is 0.327 e. The average Bonchev–Trinajstić information content (AvgIpc) is 3.19. The number of cyclic esters (lactones) is 1. The van der Waals surface area contributed by atoms with Crippen molar-refractivity contribution in [2.45, 2.75) is 56.6 Å². The van der Waals surface area contributed by atoms with Crippen LogP contribution in [0.3, 0.4) is 0 Å². The van der Waals surface area contributed by atoms with Gasteiger partial charge >= 0.3 is 5.97 Å². The van der Waals surface area contributed by atoms with Crippen LogP contribution >= 0.6 is 0 Å². The van der Waals surface area contributed by atoms with E-state index in [-0.39, 0.29) is 17.9 Å². The number of hydrogen-bond acceptors (Lipinski definition) is 6. The number of amides is 1. The molecule has 0 saturated carbocycles. The number of hydrogen-bond donors (Lipinski definition) is 2. The third kappa shape index (κ3) is 4.02. The van der Waals surface area contributed by atoms with E-state index >= 15 is 0 Å². The van der Waals surface area contributed by atoms with E-state index in [0.29, 0.717) is 19.1 Å². The lowest BCUT2D eigenvalue weighted by atomic mass is 9.89. The quantitative estimate of drug-likeness (QED) is 0.663. The molecule has 3 heterocycles. The van der Waals surface area contributed by atoms with Crippen molar-refractivity contribution in [2.24, 2.45) is 0 Å². The molecule has 180 valence electrons. The molecule has 2 N–H and O–H groups in total. The van der Waals surface area contributed by atoms with Crippen LogP contribution in [-0.2, 0) is 20.1 Å². The zero-order valence-corrected chi connectivity index (χ0v) is 19.9. The van der Waals surface area contributed by atoms with Crippen LogP contribution in [0.25, 0.3) is 0 Å². The highest BCUT2D eigenvalue weighted by Gasteiger charge is 2.60. The second-order valence-electron chi connectivity index (χ2n) is 9.81. The van der Waals surface area contributed by atoms with Crippen LogP contribution in [-0.4, -0.2) is 72.0 Å². The van der Waals surface area contributed by atoms with Gasteiger partial charge in [-0.1, -0.05) is 60.7 Å². The summed E-state index contributed by atoms with van der Waals surface area (Å²) >= 11 is 0. The van der Waals surface area contributed by atoms with E-state index in [1.807, 2.05) is 65.6 Å². The molecule has 7 heteroatoms. The normalized spacial score (nSPS) is 25.7. The Hall–Kier alpha value is -2.74. The van der Waals surface area contributed by atoms with Gasteiger partial charge in [-0.3, -0.25) is 9.59 Å². The Labute approximate surface area is 201 Å². The number of benzene rings is 2. The largest absolute Gasteiger partial charge is 0.434 e. The summed E-state index contributed by atoms with van der Waals surface area (Å²) in [5, 5.41) is 6.61. The molecule has 34 heavy (non-hydrogen) atoms. The number of nitrogens with zero attached hydrogens (tertiary/aromatic N) is 2. The van der Waals surface area contributed by atoms with E-state index in [9.17, 15) is 9.59 Å². The number of ether oxygens (including phenoxy) is 1. The summed E-state index contributed by atoms with van der Waals surface area (Å²) in [6.07, 6.45) is 1.87. The smallest absolute Gasteiger partial charge is 0.327 e. The van der Waals surface area contributed by atoms with Crippen molar-refractivity contribution in [3.8, 4) is 0 Å². The van der Waals surface area contributed by atoms with Gasteiger partial charge in [0.15, 0.2) is 0 Å². The summed E-state index contributed by atoms with van der Waals surface area (Å²) in [6.45, 7) is 7.31. The van der Waals surface area contributed by atoms with Crippen molar-refractivity contribution in [3.63, 3.8) is 0 Å².